The minimum Gasteiger partial charge on any atom is -0.494 e. The molecule has 2 heterocycles. The van der Waals surface area contributed by atoms with Crippen molar-refractivity contribution in [3.63, 3.8) is 0 Å². The molecule has 5 heteroatoms. The average molecular weight is 419 g/mol. The van der Waals surface area contributed by atoms with Gasteiger partial charge in [-0.25, -0.2) is 4.98 Å². The first-order chi connectivity index (χ1) is 15.3. The molecule has 1 aliphatic rings. The van der Waals surface area contributed by atoms with Crippen LogP contribution in [0.5, 0.6) is 23.1 Å². The van der Waals surface area contributed by atoms with Crippen molar-refractivity contribution in [3.05, 3.63) is 78.0 Å². The molecule has 0 unspecified atom stereocenters. The quantitative estimate of drug-likeness (QED) is 0.533. The zero-order chi connectivity index (χ0) is 21.3. The Morgan fingerprint density at radius 3 is 2.68 bits per heavy atom. The summed E-state index contributed by atoms with van der Waals surface area (Å²) in [6.07, 6.45) is 5.02. The van der Waals surface area contributed by atoms with Crippen LogP contribution in [0.15, 0.2) is 66.9 Å². The van der Waals surface area contributed by atoms with Gasteiger partial charge in [-0.15, -0.1) is 0 Å². The highest BCUT2D eigenvalue weighted by molar-refractivity contribution is 5.43. The molecule has 31 heavy (non-hydrogen) atoms. The SMILES string of the molecule is CCOc1ccccc1CN1CCCCCOc2ccccc2Oc2ncccc2C1. The molecule has 5 nitrogen and oxygen atoms in total. The van der Waals surface area contributed by atoms with E-state index >= 15 is 0 Å². The number of hydrogen-bond donors (Lipinski definition) is 0. The van der Waals surface area contributed by atoms with Crippen LogP contribution in [-0.2, 0) is 13.1 Å². The lowest BCUT2D eigenvalue weighted by Crippen LogP contribution is -2.25. The van der Waals surface area contributed by atoms with E-state index in [0.29, 0.717) is 24.8 Å². The number of pyridine rings is 1. The van der Waals surface area contributed by atoms with Crippen LogP contribution in [0.1, 0.15) is 37.3 Å². The predicted octanol–water partition coefficient (Wildman–Crippen LogP) is 5.84. The van der Waals surface area contributed by atoms with Gasteiger partial charge in [0.2, 0.25) is 5.88 Å². The zero-order valence-corrected chi connectivity index (χ0v) is 18.1. The average Bonchev–Trinajstić information content (AvgIpc) is 2.80. The summed E-state index contributed by atoms with van der Waals surface area (Å²) in [5.41, 5.74) is 2.26. The van der Waals surface area contributed by atoms with Crippen molar-refractivity contribution in [2.45, 2.75) is 39.3 Å². The second kappa shape index (κ2) is 10.8. The molecule has 0 N–H and O–H groups in total. The summed E-state index contributed by atoms with van der Waals surface area (Å²) in [5.74, 6) is 3.05. The van der Waals surface area contributed by atoms with Crippen molar-refractivity contribution in [2.24, 2.45) is 0 Å². The number of ether oxygens (including phenoxy) is 3. The zero-order valence-electron chi connectivity index (χ0n) is 18.1. The Labute approximate surface area is 184 Å². The molecule has 0 aliphatic carbocycles. The van der Waals surface area contributed by atoms with Crippen LogP contribution < -0.4 is 14.2 Å². The van der Waals surface area contributed by atoms with Gasteiger partial charge in [0, 0.05) is 30.4 Å². The summed E-state index contributed by atoms with van der Waals surface area (Å²) in [5, 5.41) is 0. The summed E-state index contributed by atoms with van der Waals surface area (Å²) in [4.78, 5) is 6.98. The van der Waals surface area contributed by atoms with Crippen molar-refractivity contribution < 1.29 is 14.2 Å². The first kappa shape index (κ1) is 21.2. The molecule has 0 atom stereocenters. The smallest absolute Gasteiger partial charge is 0.223 e. The first-order valence-corrected chi connectivity index (χ1v) is 11.1. The van der Waals surface area contributed by atoms with E-state index in [0.717, 1.165) is 56.0 Å². The molecule has 0 bridgehead atoms. The van der Waals surface area contributed by atoms with Crippen molar-refractivity contribution >= 4 is 0 Å². The minimum absolute atomic E-state index is 0.626. The van der Waals surface area contributed by atoms with Crippen LogP contribution in [0, 0.1) is 0 Å². The van der Waals surface area contributed by atoms with Crippen molar-refractivity contribution in [3.8, 4) is 23.1 Å². The largest absolute Gasteiger partial charge is 0.494 e. The normalized spacial score (nSPS) is 15.1. The summed E-state index contributed by atoms with van der Waals surface area (Å²) < 4.78 is 18.1. The number of fused-ring (bicyclic) bond motifs is 2. The molecule has 1 aromatic heterocycles. The third-order valence-electron chi connectivity index (χ3n) is 5.34. The van der Waals surface area contributed by atoms with E-state index in [4.69, 9.17) is 14.2 Å². The standard InChI is InChI=1S/C26H30N2O3/c1-2-29-23-13-5-4-11-21(23)19-28-17-8-3-9-18-30-24-14-6-7-15-25(24)31-26-22(20-28)12-10-16-27-26/h4-7,10-16H,2-3,8-9,17-20H2,1H3. The number of rotatable bonds is 4. The molecule has 0 saturated heterocycles. The molecule has 162 valence electrons. The predicted molar refractivity (Wildman–Crippen MR) is 122 cm³/mol. The number of nitrogens with zero attached hydrogens (tertiary/aromatic N) is 2. The highest BCUT2D eigenvalue weighted by Gasteiger charge is 2.16. The van der Waals surface area contributed by atoms with Gasteiger partial charge in [-0.1, -0.05) is 36.4 Å². The lowest BCUT2D eigenvalue weighted by Gasteiger charge is -2.24. The molecule has 0 amide bonds. The molecular weight excluding hydrogens is 388 g/mol. The number of para-hydroxylation sites is 3. The Morgan fingerprint density at radius 1 is 0.935 bits per heavy atom. The highest BCUT2D eigenvalue weighted by Crippen LogP contribution is 2.33. The topological polar surface area (TPSA) is 43.8 Å². The van der Waals surface area contributed by atoms with E-state index in [-0.39, 0.29) is 0 Å². The fourth-order valence-electron chi connectivity index (χ4n) is 3.82. The molecule has 4 rings (SSSR count). The van der Waals surface area contributed by atoms with Crippen LogP contribution in [0.3, 0.4) is 0 Å². The number of hydrogen-bond acceptors (Lipinski definition) is 5. The summed E-state index contributed by atoms with van der Waals surface area (Å²) in [7, 11) is 0. The molecule has 2 aromatic carbocycles. The van der Waals surface area contributed by atoms with Crippen LogP contribution in [0.25, 0.3) is 0 Å². The van der Waals surface area contributed by atoms with Gasteiger partial charge in [-0.3, -0.25) is 4.90 Å². The third-order valence-corrected chi connectivity index (χ3v) is 5.34. The molecule has 3 aromatic rings. The van der Waals surface area contributed by atoms with Crippen molar-refractivity contribution in [1.29, 1.82) is 0 Å². The summed E-state index contributed by atoms with van der Waals surface area (Å²) in [6.45, 7) is 5.93. The van der Waals surface area contributed by atoms with Crippen LogP contribution >= 0.6 is 0 Å². The second-order valence-electron chi connectivity index (χ2n) is 7.68. The van der Waals surface area contributed by atoms with Crippen LogP contribution in [0.4, 0.5) is 0 Å². The van der Waals surface area contributed by atoms with E-state index in [1.54, 1.807) is 6.20 Å². The Morgan fingerprint density at radius 2 is 1.77 bits per heavy atom. The van der Waals surface area contributed by atoms with E-state index in [9.17, 15) is 0 Å². The fourth-order valence-corrected chi connectivity index (χ4v) is 3.82. The van der Waals surface area contributed by atoms with E-state index in [1.807, 2.05) is 49.4 Å². The fraction of sp³-hybridized carbons (Fsp3) is 0.346. The molecule has 0 spiro atoms. The van der Waals surface area contributed by atoms with Gasteiger partial charge in [-0.2, -0.15) is 0 Å². The molecular formula is C26H30N2O3. The lowest BCUT2D eigenvalue weighted by atomic mass is 10.1. The van der Waals surface area contributed by atoms with Gasteiger partial charge in [-0.05, 0) is 57.0 Å². The van der Waals surface area contributed by atoms with E-state index < -0.39 is 0 Å². The maximum Gasteiger partial charge on any atom is 0.223 e. The Balaban J connectivity index is 1.61. The maximum atomic E-state index is 6.23. The van der Waals surface area contributed by atoms with Gasteiger partial charge in [0.15, 0.2) is 11.5 Å². The second-order valence-corrected chi connectivity index (χ2v) is 7.68. The molecule has 0 fully saturated rings. The van der Waals surface area contributed by atoms with Gasteiger partial charge in [0.05, 0.1) is 13.2 Å². The van der Waals surface area contributed by atoms with Gasteiger partial charge >= 0.3 is 0 Å². The van der Waals surface area contributed by atoms with Gasteiger partial charge < -0.3 is 14.2 Å². The third kappa shape index (κ3) is 5.76. The summed E-state index contributed by atoms with van der Waals surface area (Å²) in [6, 6.07) is 20.2. The Hall–Kier alpha value is -3.05. The highest BCUT2D eigenvalue weighted by atomic mass is 16.5. The maximum absolute atomic E-state index is 6.23. The first-order valence-electron chi connectivity index (χ1n) is 11.1. The van der Waals surface area contributed by atoms with Gasteiger partial charge in [0.25, 0.3) is 0 Å². The molecule has 1 aliphatic heterocycles. The monoisotopic (exact) mass is 418 g/mol. The lowest BCUT2D eigenvalue weighted by molar-refractivity contribution is 0.238. The van der Waals surface area contributed by atoms with Gasteiger partial charge in [0.1, 0.15) is 5.75 Å². The van der Waals surface area contributed by atoms with Crippen molar-refractivity contribution in [2.75, 3.05) is 19.8 Å². The van der Waals surface area contributed by atoms with Crippen LogP contribution in [0.2, 0.25) is 0 Å². The Kier molecular flexibility index (Phi) is 7.40. The molecule has 0 saturated carbocycles. The minimum atomic E-state index is 0.626. The van der Waals surface area contributed by atoms with E-state index in [2.05, 4.69) is 28.1 Å². The number of benzene rings is 2. The summed E-state index contributed by atoms with van der Waals surface area (Å²) >= 11 is 0. The van der Waals surface area contributed by atoms with Crippen molar-refractivity contribution in [1.82, 2.24) is 9.88 Å². The van der Waals surface area contributed by atoms with E-state index in [1.165, 1.54) is 5.56 Å². The number of aromatic nitrogens is 1. The Bertz CT molecular complexity index is 976. The van der Waals surface area contributed by atoms with Crippen LogP contribution in [-0.4, -0.2) is 29.6 Å². The molecule has 0 radical (unpaired) electrons.